The highest BCUT2D eigenvalue weighted by atomic mass is 16.1. The lowest BCUT2D eigenvalue weighted by atomic mass is 9.84. The van der Waals surface area contributed by atoms with Crippen LogP contribution in [0.2, 0.25) is 0 Å². The first kappa shape index (κ1) is 16.0. The fourth-order valence-electron chi connectivity index (χ4n) is 4.25. The largest absolute Gasteiger partial charge is 0.300 e. The van der Waals surface area contributed by atoms with E-state index < -0.39 is 0 Å². The van der Waals surface area contributed by atoms with Gasteiger partial charge in [0, 0.05) is 12.8 Å². The molecule has 0 spiro atoms. The van der Waals surface area contributed by atoms with Gasteiger partial charge in [-0.3, -0.25) is 4.79 Å². The van der Waals surface area contributed by atoms with Crippen molar-refractivity contribution < 1.29 is 4.79 Å². The fourth-order valence-corrected chi connectivity index (χ4v) is 4.25. The monoisotopic (exact) mass is 278 g/mol. The Bertz CT molecular complexity index is 233. The number of hydrogen-bond acceptors (Lipinski definition) is 1. The third kappa shape index (κ3) is 6.41. The van der Waals surface area contributed by atoms with Crippen LogP contribution in [0.15, 0.2) is 0 Å². The molecule has 2 rings (SSSR count). The van der Waals surface area contributed by atoms with Gasteiger partial charge in [-0.25, -0.2) is 0 Å². The maximum Gasteiger partial charge on any atom is 0.132 e. The number of rotatable bonds is 8. The average Bonchev–Trinajstić information content (AvgIpc) is 2.49. The highest BCUT2D eigenvalue weighted by Gasteiger charge is 2.15. The van der Waals surface area contributed by atoms with Gasteiger partial charge in [-0.1, -0.05) is 77.0 Å². The summed E-state index contributed by atoms with van der Waals surface area (Å²) in [5, 5.41) is 0. The highest BCUT2D eigenvalue weighted by Crippen LogP contribution is 2.29. The van der Waals surface area contributed by atoms with Crippen LogP contribution in [0.5, 0.6) is 0 Å². The lowest BCUT2D eigenvalue weighted by Gasteiger charge is -2.21. The molecule has 0 heterocycles. The number of Topliss-reactive ketones (excluding diaryl/α,β-unsaturated/α-hetero) is 1. The molecule has 2 aliphatic rings. The second-order valence-corrected chi connectivity index (χ2v) is 7.33. The summed E-state index contributed by atoms with van der Waals surface area (Å²) in [6, 6.07) is 0. The Hall–Kier alpha value is -0.330. The normalized spacial score (nSPS) is 22.0. The van der Waals surface area contributed by atoms with Crippen LogP contribution >= 0.6 is 0 Å². The minimum atomic E-state index is 0.539. The zero-order valence-corrected chi connectivity index (χ0v) is 13.4. The van der Waals surface area contributed by atoms with Crippen LogP contribution in [-0.4, -0.2) is 5.78 Å². The van der Waals surface area contributed by atoms with E-state index in [2.05, 4.69) is 0 Å². The molecule has 0 aromatic heterocycles. The van der Waals surface area contributed by atoms with E-state index >= 15 is 0 Å². The first-order valence-corrected chi connectivity index (χ1v) is 9.36. The first-order valence-electron chi connectivity index (χ1n) is 9.36. The van der Waals surface area contributed by atoms with E-state index in [-0.39, 0.29) is 0 Å². The van der Waals surface area contributed by atoms with Gasteiger partial charge in [0.15, 0.2) is 0 Å². The summed E-state index contributed by atoms with van der Waals surface area (Å²) in [5.74, 6) is 2.43. The van der Waals surface area contributed by atoms with E-state index in [0.29, 0.717) is 5.78 Å². The minimum absolute atomic E-state index is 0.539. The summed E-state index contributed by atoms with van der Waals surface area (Å²) in [7, 11) is 0. The molecular weight excluding hydrogens is 244 g/mol. The highest BCUT2D eigenvalue weighted by molar-refractivity contribution is 5.78. The second kappa shape index (κ2) is 9.58. The lowest BCUT2D eigenvalue weighted by Crippen LogP contribution is -2.08. The van der Waals surface area contributed by atoms with Gasteiger partial charge in [0.1, 0.15) is 5.78 Å². The van der Waals surface area contributed by atoms with Crippen molar-refractivity contribution in [3.8, 4) is 0 Å². The molecule has 0 aromatic rings. The third-order valence-corrected chi connectivity index (χ3v) is 5.59. The van der Waals surface area contributed by atoms with Crippen molar-refractivity contribution in [2.24, 2.45) is 11.8 Å². The van der Waals surface area contributed by atoms with Crippen molar-refractivity contribution in [3.05, 3.63) is 0 Å². The van der Waals surface area contributed by atoms with Gasteiger partial charge in [-0.05, 0) is 24.7 Å². The van der Waals surface area contributed by atoms with Gasteiger partial charge in [0.05, 0.1) is 0 Å². The molecule has 0 atom stereocenters. The van der Waals surface area contributed by atoms with E-state index in [1.165, 1.54) is 77.0 Å². The van der Waals surface area contributed by atoms with Crippen LogP contribution in [0.3, 0.4) is 0 Å². The Balaban J connectivity index is 1.45. The van der Waals surface area contributed by atoms with E-state index in [1.54, 1.807) is 0 Å². The van der Waals surface area contributed by atoms with Crippen LogP contribution in [-0.2, 0) is 4.79 Å². The van der Waals surface area contributed by atoms with Gasteiger partial charge in [0.25, 0.3) is 0 Å². The number of hydrogen-bond donors (Lipinski definition) is 0. The number of carbonyl (C=O) groups is 1. The molecule has 0 radical (unpaired) electrons. The van der Waals surface area contributed by atoms with Crippen LogP contribution in [0.4, 0.5) is 0 Å². The Morgan fingerprint density at radius 3 is 1.45 bits per heavy atom. The Morgan fingerprint density at radius 1 is 0.650 bits per heavy atom. The molecule has 0 N–H and O–H groups in total. The molecule has 1 heteroatoms. The quantitative estimate of drug-likeness (QED) is 0.527. The van der Waals surface area contributed by atoms with Crippen LogP contribution in [0.1, 0.15) is 103 Å². The molecule has 0 unspecified atom stereocenters. The van der Waals surface area contributed by atoms with Crippen molar-refractivity contribution in [2.75, 3.05) is 0 Å². The van der Waals surface area contributed by atoms with E-state index in [4.69, 9.17) is 0 Å². The number of ketones is 1. The fraction of sp³-hybridized carbons (Fsp3) is 0.947. The molecule has 2 saturated carbocycles. The predicted molar refractivity (Wildman–Crippen MR) is 85.9 cm³/mol. The lowest BCUT2D eigenvalue weighted by molar-refractivity contribution is -0.119. The molecule has 0 amide bonds. The van der Waals surface area contributed by atoms with E-state index in [1.807, 2.05) is 0 Å². The molecule has 1 nitrogen and oxygen atoms in total. The van der Waals surface area contributed by atoms with Gasteiger partial charge in [-0.2, -0.15) is 0 Å². The van der Waals surface area contributed by atoms with Crippen LogP contribution in [0, 0.1) is 11.8 Å². The molecule has 0 aliphatic heterocycles. The summed E-state index contributed by atoms with van der Waals surface area (Å²) in [6.45, 7) is 0. The summed E-state index contributed by atoms with van der Waals surface area (Å²) in [6.07, 6.45) is 21.0. The Morgan fingerprint density at radius 2 is 1.05 bits per heavy atom. The second-order valence-electron chi connectivity index (χ2n) is 7.33. The third-order valence-electron chi connectivity index (χ3n) is 5.59. The van der Waals surface area contributed by atoms with E-state index in [0.717, 1.165) is 37.5 Å². The SMILES string of the molecule is O=C(CCCC1CCCCC1)CCCC1CCCCC1. The molecule has 20 heavy (non-hydrogen) atoms. The van der Waals surface area contributed by atoms with Gasteiger partial charge in [-0.15, -0.1) is 0 Å². The van der Waals surface area contributed by atoms with Crippen LogP contribution in [0.25, 0.3) is 0 Å². The molecule has 0 aromatic carbocycles. The van der Waals surface area contributed by atoms with Crippen molar-refractivity contribution in [1.29, 1.82) is 0 Å². The Kier molecular flexibility index (Phi) is 7.69. The summed E-state index contributed by atoms with van der Waals surface area (Å²) < 4.78 is 0. The Labute approximate surface area is 125 Å². The van der Waals surface area contributed by atoms with Crippen molar-refractivity contribution in [1.82, 2.24) is 0 Å². The van der Waals surface area contributed by atoms with Crippen molar-refractivity contribution in [3.63, 3.8) is 0 Å². The van der Waals surface area contributed by atoms with Gasteiger partial charge < -0.3 is 0 Å². The summed E-state index contributed by atoms with van der Waals surface area (Å²) >= 11 is 0. The standard InChI is InChI=1S/C19H34O/c20-19(15-7-13-17-9-3-1-4-10-17)16-8-14-18-11-5-2-6-12-18/h17-18H,1-16H2. The van der Waals surface area contributed by atoms with E-state index in [9.17, 15) is 4.79 Å². The maximum absolute atomic E-state index is 11.9. The van der Waals surface area contributed by atoms with Crippen molar-refractivity contribution >= 4 is 5.78 Å². The maximum atomic E-state index is 11.9. The zero-order chi connectivity index (χ0) is 14.0. The molecule has 2 aliphatic carbocycles. The molecule has 116 valence electrons. The number of carbonyl (C=O) groups excluding carboxylic acids is 1. The minimum Gasteiger partial charge on any atom is -0.300 e. The average molecular weight is 278 g/mol. The van der Waals surface area contributed by atoms with Gasteiger partial charge in [0.2, 0.25) is 0 Å². The molecule has 2 fully saturated rings. The first-order chi connectivity index (χ1) is 9.84. The summed E-state index contributed by atoms with van der Waals surface area (Å²) in [4.78, 5) is 11.9. The molecule has 0 saturated heterocycles. The molecular formula is C19H34O. The van der Waals surface area contributed by atoms with Crippen molar-refractivity contribution in [2.45, 2.75) is 103 Å². The zero-order valence-electron chi connectivity index (χ0n) is 13.4. The summed E-state index contributed by atoms with van der Waals surface area (Å²) in [5.41, 5.74) is 0. The topological polar surface area (TPSA) is 17.1 Å². The predicted octanol–water partition coefficient (Wildman–Crippen LogP) is 6.06. The van der Waals surface area contributed by atoms with Crippen LogP contribution < -0.4 is 0 Å². The smallest absolute Gasteiger partial charge is 0.132 e. The van der Waals surface area contributed by atoms with Gasteiger partial charge >= 0.3 is 0 Å². The molecule has 0 bridgehead atoms.